The molecular weight excluding hydrogens is 328 g/mol. The third kappa shape index (κ3) is 2.37. The molecule has 7 nitrogen and oxygen atoms in total. The molecule has 5 rings (SSSR count). The van der Waals surface area contributed by atoms with Crippen molar-refractivity contribution in [3.8, 4) is 11.3 Å². The Bertz CT molecular complexity index is 1280. The first-order valence-electron chi connectivity index (χ1n) is 8.23. The highest BCUT2D eigenvalue weighted by Gasteiger charge is 2.11. The van der Waals surface area contributed by atoms with E-state index in [1.807, 2.05) is 59.3 Å². The molecule has 0 unspecified atom stereocenters. The van der Waals surface area contributed by atoms with Gasteiger partial charge in [0, 0.05) is 17.8 Å². The molecule has 0 saturated heterocycles. The van der Waals surface area contributed by atoms with Gasteiger partial charge in [-0.3, -0.25) is 4.79 Å². The summed E-state index contributed by atoms with van der Waals surface area (Å²) >= 11 is 0. The molecular formula is C19H14N6O. The lowest BCUT2D eigenvalue weighted by molar-refractivity contribution is 0.728. The molecule has 4 aromatic heterocycles. The third-order valence-corrected chi connectivity index (χ3v) is 4.37. The first-order chi connectivity index (χ1) is 12.8. The first kappa shape index (κ1) is 14.6. The Morgan fingerprint density at radius 3 is 2.69 bits per heavy atom. The topological polar surface area (TPSA) is 80.9 Å². The van der Waals surface area contributed by atoms with Crippen LogP contribution in [0.1, 0.15) is 5.82 Å². The molecule has 0 spiro atoms. The fourth-order valence-electron chi connectivity index (χ4n) is 3.09. The van der Waals surface area contributed by atoms with Crippen LogP contribution in [0.3, 0.4) is 0 Å². The van der Waals surface area contributed by atoms with Crippen LogP contribution in [0.4, 0.5) is 0 Å². The Labute approximate surface area is 147 Å². The predicted molar refractivity (Wildman–Crippen MR) is 97.9 cm³/mol. The second-order valence-corrected chi connectivity index (χ2v) is 6.04. The van der Waals surface area contributed by atoms with Gasteiger partial charge in [0.05, 0.1) is 23.3 Å². The van der Waals surface area contributed by atoms with Gasteiger partial charge in [-0.2, -0.15) is 9.61 Å². The average molecular weight is 342 g/mol. The molecule has 0 aliphatic heterocycles. The second-order valence-electron chi connectivity index (χ2n) is 6.04. The highest BCUT2D eigenvalue weighted by atomic mass is 16.1. The van der Waals surface area contributed by atoms with Crippen molar-refractivity contribution in [3.63, 3.8) is 0 Å². The normalized spacial score (nSPS) is 11.4. The number of aromatic nitrogens is 6. The highest BCUT2D eigenvalue weighted by Crippen LogP contribution is 2.18. The lowest BCUT2D eigenvalue weighted by Gasteiger charge is -2.05. The number of H-pyrrole nitrogens is 1. The summed E-state index contributed by atoms with van der Waals surface area (Å²) in [7, 11) is 0. The number of rotatable bonds is 3. The van der Waals surface area contributed by atoms with Crippen molar-refractivity contribution in [3.05, 3.63) is 83.0 Å². The number of aromatic amines is 1. The Kier molecular flexibility index (Phi) is 3.18. The summed E-state index contributed by atoms with van der Waals surface area (Å²) in [6.45, 7) is 0.502. The fraction of sp³-hybridized carbons (Fsp3) is 0.0526. The quantitative estimate of drug-likeness (QED) is 0.546. The zero-order valence-electron chi connectivity index (χ0n) is 13.7. The van der Waals surface area contributed by atoms with Crippen LogP contribution in [0.5, 0.6) is 0 Å². The van der Waals surface area contributed by atoms with Crippen molar-refractivity contribution >= 4 is 16.7 Å². The van der Waals surface area contributed by atoms with E-state index in [2.05, 4.69) is 15.2 Å². The molecule has 0 radical (unpaired) electrons. The molecule has 1 aromatic carbocycles. The summed E-state index contributed by atoms with van der Waals surface area (Å²) in [6, 6.07) is 19.1. The van der Waals surface area contributed by atoms with Gasteiger partial charge < -0.3 is 9.55 Å². The monoisotopic (exact) mass is 342 g/mol. The van der Waals surface area contributed by atoms with E-state index in [0.29, 0.717) is 12.2 Å². The van der Waals surface area contributed by atoms with Crippen LogP contribution in [0.2, 0.25) is 0 Å². The van der Waals surface area contributed by atoms with Crippen LogP contribution < -0.4 is 5.56 Å². The predicted octanol–water partition coefficient (Wildman–Crippen LogP) is 2.48. The van der Waals surface area contributed by atoms with E-state index in [1.165, 1.54) is 6.07 Å². The number of hydrogen-bond donors (Lipinski definition) is 1. The van der Waals surface area contributed by atoms with Crippen molar-refractivity contribution in [2.24, 2.45) is 0 Å². The highest BCUT2D eigenvalue weighted by molar-refractivity contribution is 5.75. The number of hydrogen-bond acceptors (Lipinski definition) is 4. The van der Waals surface area contributed by atoms with E-state index in [-0.39, 0.29) is 5.56 Å². The smallest absolute Gasteiger partial charge is 0.248 e. The van der Waals surface area contributed by atoms with Gasteiger partial charge in [0.15, 0.2) is 11.5 Å². The van der Waals surface area contributed by atoms with Crippen LogP contribution in [-0.4, -0.2) is 29.4 Å². The second kappa shape index (κ2) is 5.66. The van der Waals surface area contributed by atoms with Crippen LogP contribution >= 0.6 is 0 Å². The van der Waals surface area contributed by atoms with Crippen molar-refractivity contribution < 1.29 is 0 Å². The van der Waals surface area contributed by atoms with Gasteiger partial charge in [-0.15, -0.1) is 10.2 Å². The average Bonchev–Trinajstić information content (AvgIpc) is 3.26. The molecule has 4 heterocycles. The molecule has 0 aliphatic rings. The van der Waals surface area contributed by atoms with E-state index in [1.54, 1.807) is 10.6 Å². The van der Waals surface area contributed by atoms with Crippen LogP contribution in [0.15, 0.2) is 71.7 Å². The largest absolute Gasteiger partial charge is 0.338 e. The molecule has 126 valence electrons. The first-order valence-corrected chi connectivity index (χ1v) is 8.23. The van der Waals surface area contributed by atoms with Gasteiger partial charge in [-0.25, -0.2) is 0 Å². The van der Waals surface area contributed by atoms with E-state index < -0.39 is 0 Å². The van der Waals surface area contributed by atoms with Crippen LogP contribution in [-0.2, 0) is 6.54 Å². The minimum absolute atomic E-state index is 0.114. The summed E-state index contributed by atoms with van der Waals surface area (Å²) in [4.78, 5) is 14.3. The SMILES string of the molecule is O=c1ccc2c(ccn2Cc2nnc3ccc(-c4ccccc4)nn23)[nH]1. The Morgan fingerprint density at radius 1 is 0.923 bits per heavy atom. The van der Waals surface area contributed by atoms with Gasteiger partial charge in [-0.05, 0) is 24.3 Å². The lowest BCUT2D eigenvalue weighted by Crippen LogP contribution is -2.07. The van der Waals surface area contributed by atoms with Crippen molar-refractivity contribution in [2.45, 2.75) is 6.54 Å². The number of benzene rings is 1. The zero-order chi connectivity index (χ0) is 17.5. The van der Waals surface area contributed by atoms with Gasteiger partial charge >= 0.3 is 0 Å². The van der Waals surface area contributed by atoms with E-state index >= 15 is 0 Å². The molecule has 0 bridgehead atoms. The van der Waals surface area contributed by atoms with Gasteiger partial charge in [0.2, 0.25) is 5.56 Å². The summed E-state index contributed by atoms with van der Waals surface area (Å²) in [6.07, 6.45) is 1.92. The third-order valence-electron chi connectivity index (χ3n) is 4.37. The summed E-state index contributed by atoms with van der Waals surface area (Å²) in [5.41, 5.74) is 4.21. The molecule has 0 aliphatic carbocycles. The van der Waals surface area contributed by atoms with E-state index in [9.17, 15) is 4.79 Å². The molecule has 0 amide bonds. The lowest BCUT2D eigenvalue weighted by atomic mass is 10.1. The maximum absolute atomic E-state index is 11.5. The fourth-order valence-corrected chi connectivity index (χ4v) is 3.09. The molecule has 0 fully saturated rings. The molecule has 1 N–H and O–H groups in total. The zero-order valence-corrected chi connectivity index (χ0v) is 13.7. The molecule has 26 heavy (non-hydrogen) atoms. The van der Waals surface area contributed by atoms with Gasteiger partial charge in [0.25, 0.3) is 0 Å². The van der Waals surface area contributed by atoms with Crippen LogP contribution in [0, 0.1) is 0 Å². The van der Waals surface area contributed by atoms with Crippen molar-refractivity contribution in [1.29, 1.82) is 0 Å². The maximum atomic E-state index is 11.5. The Balaban J connectivity index is 1.59. The summed E-state index contributed by atoms with van der Waals surface area (Å²) < 4.78 is 3.78. The van der Waals surface area contributed by atoms with Crippen molar-refractivity contribution in [1.82, 2.24) is 29.4 Å². The summed E-state index contributed by atoms with van der Waals surface area (Å²) in [5, 5.41) is 13.2. The van der Waals surface area contributed by atoms with Gasteiger partial charge in [-0.1, -0.05) is 30.3 Å². The molecule has 5 aromatic rings. The number of nitrogens with one attached hydrogen (secondary N) is 1. The Hall–Kier alpha value is -3.74. The number of nitrogens with zero attached hydrogens (tertiary/aromatic N) is 5. The Morgan fingerprint density at radius 2 is 1.81 bits per heavy atom. The standard InChI is InChI=1S/C19H14N6O/c26-19-9-7-16-15(20-19)10-11-24(16)12-18-22-21-17-8-6-14(23-25(17)18)13-4-2-1-3-5-13/h1-11H,12H2,(H,20,26). The van der Waals surface area contributed by atoms with E-state index in [4.69, 9.17) is 5.10 Å². The minimum Gasteiger partial charge on any atom is -0.338 e. The number of pyridine rings is 1. The maximum Gasteiger partial charge on any atom is 0.248 e. The van der Waals surface area contributed by atoms with Gasteiger partial charge in [0.1, 0.15) is 0 Å². The molecule has 0 atom stereocenters. The molecule has 7 heteroatoms. The van der Waals surface area contributed by atoms with Crippen LogP contribution in [0.25, 0.3) is 27.9 Å². The van der Waals surface area contributed by atoms with Crippen molar-refractivity contribution in [2.75, 3.05) is 0 Å². The minimum atomic E-state index is -0.114. The van der Waals surface area contributed by atoms with E-state index in [0.717, 1.165) is 28.1 Å². The number of fused-ring (bicyclic) bond motifs is 2. The summed E-state index contributed by atoms with van der Waals surface area (Å²) in [5.74, 6) is 0.724. The molecule has 0 saturated carbocycles.